The number of carbonyl (C=O) groups excluding carboxylic acids is 9. The summed E-state index contributed by atoms with van der Waals surface area (Å²) >= 11 is 8.57. The first kappa shape index (κ1) is 68.8. The number of amides is 9. The van der Waals surface area contributed by atoms with Crippen molar-refractivity contribution in [2.75, 3.05) is 18.1 Å². The quantitative estimate of drug-likeness (QED) is 0.0307. The molecule has 84 heavy (non-hydrogen) atoms. The van der Waals surface area contributed by atoms with Crippen molar-refractivity contribution in [3.63, 3.8) is 0 Å². The van der Waals surface area contributed by atoms with Crippen LogP contribution in [-0.4, -0.2) is 184 Å². The number of phenolic OH excluding ortho intramolecular Hbond substituents is 1. The van der Waals surface area contributed by atoms with Gasteiger partial charge in [-0.3, -0.25) is 47.9 Å². The van der Waals surface area contributed by atoms with Crippen LogP contribution in [0.25, 0.3) is 0 Å². The van der Waals surface area contributed by atoms with Crippen LogP contribution in [0, 0.1) is 17.8 Å². The number of H-pyrrole nitrogens is 2. The fourth-order valence-electron chi connectivity index (χ4n) is 9.14. The van der Waals surface area contributed by atoms with E-state index in [2.05, 4.69) is 87.7 Å². The fraction of sp³-hybridized carbons (Fsp3) is 0.574. The van der Waals surface area contributed by atoms with Gasteiger partial charge in [0.15, 0.2) is 0 Å². The van der Waals surface area contributed by atoms with Gasteiger partial charge in [-0.05, 0) is 61.1 Å². The summed E-state index contributed by atoms with van der Waals surface area (Å²) in [5.41, 5.74) is 7.48. The number of benzene rings is 1. The third-order valence-corrected chi connectivity index (χ3v) is 14.6. The van der Waals surface area contributed by atoms with Gasteiger partial charge in [0.05, 0.1) is 25.1 Å². The molecule has 0 bridgehead atoms. The highest BCUT2D eigenvalue weighted by atomic mass is 32.1. The number of nitrogens with zero attached hydrogens (tertiary/aromatic N) is 3. The van der Waals surface area contributed by atoms with E-state index < -0.39 is 138 Å². The standard InChI is InChI=1S/C54H80N14O14S2/c1-7-29(6)44(52(79)64-39(54(81)82)16-28(4)5)67-49(76)37(19-32-22-57-26-59-32)61-50(77)40(23-83)65-46(73)35(15-27(2)3)60-48(75)38(20-43(70)71)62-47(74)36(17-30-10-12-33(69)13-11-30)63-51(78)42-9-8-14-68(42)53(80)41(24-84)66-45(72)34(55)18-31-21-56-25-58-31/h10-13,21-22,25-29,34-42,44,69,83-84H,7-9,14-20,23-24,55H2,1-6H3,(H,56,58)(H,57,59)(H,60,75)(H,61,77)(H,62,74)(H,63,78)(H,64,79)(H,65,73)(H,66,72)(H,67,76)(H,70,71)(H,81,82)/t29-,34-,35-,36-,37-,38-,39-,40-,41-,42-,44-/m0/s1. The molecule has 462 valence electrons. The zero-order chi connectivity index (χ0) is 62.4. The van der Waals surface area contributed by atoms with Crippen LogP contribution in [0.4, 0.5) is 0 Å². The van der Waals surface area contributed by atoms with Crippen LogP contribution >= 0.6 is 25.3 Å². The van der Waals surface area contributed by atoms with Crippen molar-refractivity contribution < 1.29 is 68.1 Å². The van der Waals surface area contributed by atoms with Crippen LogP contribution in [0.3, 0.4) is 0 Å². The Morgan fingerprint density at radius 1 is 0.619 bits per heavy atom. The van der Waals surface area contributed by atoms with Gasteiger partial charge in [0.1, 0.15) is 60.1 Å². The third kappa shape index (κ3) is 21.5. The summed E-state index contributed by atoms with van der Waals surface area (Å²) in [6.07, 6.45) is 5.22. The van der Waals surface area contributed by atoms with Gasteiger partial charge < -0.3 is 78.5 Å². The maximum atomic E-state index is 14.4. The summed E-state index contributed by atoms with van der Waals surface area (Å²) in [6, 6.07) is -8.09. The number of rotatable bonds is 34. The number of carboxylic acid groups (broad SMARTS) is 2. The van der Waals surface area contributed by atoms with Crippen molar-refractivity contribution in [2.24, 2.45) is 23.5 Å². The number of carboxylic acids is 2. The average molecular weight is 1210 g/mol. The summed E-state index contributed by atoms with van der Waals surface area (Å²) < 4.78 is 0. The number of nitrogens with one attached hydrogen (secondary N) is 10. The Balaban J connectivity index is 1.53. The van der Waals surface area contributed by atoms with Crippen molar-refractivity contribution in [1.29, 1.82) is 0 Å². The van der Waals surface area contributed by atoms with E-state index in [-0.39, 0.29) is 74.2 Å². The van der Waals surface area contributed by atoms with Crippen molar-refractivity contribution in [3.8, 4) is 5.75 Å². The predicted molar refractivity (Wildman–Crippen MR) is 311 cm³/mol. The molecule has 1 aromatic carbocycles. The third-order valence-electron chi connectivity index (χ3n) is 13.9. The minimum absolute atomic E-state index is 0.0814. The van der Waals surface area contributed by atoms with Gasteiger partial charge in [-0.2, -0.15) is 25.3 Å². The van der Waals surface area contributed by atoms with Gasteiger partial charge in [0, 0.05) is 61.1 Å². The molecular formula is C54H80N14O14S2. The molecule has 4 rings (SSSR count). The summed E-state index contributed by atoms with van der Waals surface area (Å²) in [5.74, 6) is -12.1. The number of aromatic nitrogens is 4. The van der Waals surface area contributed by atoms with Crippen molar-refractivity contribution in [2.45, 2.75) is 160 Å². The van der Waals surface area contributed by atoms with Crippen LogP contribution in [-0.2, 0) is 72.0 Å². The highest BCUT2D eigenvalue weighted by Crippen LogP contribution is 2.21. The molecule has 11 atom stereocenters. The molecule has 1 fully saturated rings. The molecule has 30 heteroatoms. The van der Waals surface area contributed by atoms with Crippen molar-refractivity contribution in [3.05, 3.63) is 66.3 Å². The van der Waals surface area contributed by atoms with Crippen LogP contribution in [0.2, 0.25) is 0 Å². The lowest BCUT2D eigenvalue weighted by molar-refractivity contribution is -0.143. The van der Waals surface area contributed by atoms with E-state index in [9.17, 15) is 68.1 Å². The molecule has 1 aliphatic heterocycles. The molecule has 28 nitrogen and oxygen atoms in total. The molecular weight excluding hydrogens is 1130 g/mol. The Labute approximate surface area is 497 Å². The summed E-state index contributed by atoms with van der Waals surface area (Å²) in [6.45, 7) is 10.6. The maximum Gasteiger partial charge on any atom is 0.326 e. The number of aromatic amines is 2. The molecule has 0 saturated carbocycles. The molecule has 2 aromatic heterocycles. The van der Waals surface area contributed by atoms with E-state index in [0.29, 0.717) is 29.8 Å². The van der Waals surface area contributed by atoms with E-state index in [1.807, 2.05) is 0 Å². The minimum atomic E-state index is -1.88. The number of hydrogen-bond donors (Lipinski definition) is 16. The van der Waals surface area contributed by atoms with Gasteiger partial charge in [-0.15, -0.1) is 0 Å². The van der Waals surface area contributed by atoms with Crippen LogP contribution in [0.1, 0.15) is 97.0 Å². The molecule has 1 saturated heterocycles. The van der Waals surface area contributed by atoms with Gasteiger partial charge in [-0.25, -0.2) is 14.8 Å². The number of thiol groups is 2. The largest absolute Gasteiger partial charge is 0.508 e. The van der Waals surface area contributed by atoms with Gasteiger partial charge in [0.2, 0.25) is 53.2 Å². The smallest absolute Gasteiger partial charge is 0.326 e. The van der Waals surface area contributed by atoms with E-state index in [0.717, 1.165) is 0 Å². The average Bonchev–Trinajstić information content (AvgIpc) is 4.44. The molecule has 0 spiro atoms. The highest BCUT2D eigenvalue weighted by molar-refractivity contribution is 7.80. The molecule has 3 heterocycles. The minimum Gasteiger partial charge on any atom is -0.508 e. The Kier molecular flexibility index (Phi) is 27.5. The lowest BCUT2D eigenvalue weighted by Gasteiger charge is -2.30. The number of nitrogens with two attached hydrogens (primary N) is 1. The molecule has 0 aliphatic carbocycles. The van der Waals surface area contributed by atoms with E-state index >= 15 is 0 Å². The summed E-state index contributed by atoms with van der Waals surface area (Å²) in [4.78, 5) is 165. The second-order valence-electron chi connectivity index (χ2n) is 21.6. The van der Waals surface area contributed by atoms with Crippen LogP contribution in [0.5, 0.6) is 5.75 Å². The monoisotopic (exact) mass is 1210 g/mol. The van der Waals surface area contributed by atoms with E-state index in [1.165, 1.54) is 54.2 Å². The number of carbonyl (C=O) groups is 11. The first-order valence-electron chi connectivity index (χ1n) is 27.6. The lowest BCUT2D eigenvalue weighted by atomic mass is 9.96. The summed E-state index contributed by atoms with van der Waals surface area (Å²) in [7, 11) is 0. The topological polar surface area (TPSA) is 431 Å². The number of aliphatic carboxylic acids is 2. The fourth-order valence-corrected chi connectivity index (χ4v) is 9.65. The highest BCUT2D eigenvalue weighted by Gasteiger charge is 2.41. The van der Waals surface area contributed by atoms with Crippen LogP contribution in [0.15, 0.2) is 49.3 Å². The Hall–Kier alpha value is -7.73. The Morgan fingerprint density at radius 3 is 1.65 bits per heavy atom. The molecule has 0 radical (unpaired) electrons. The zero-order valence-electron chi connectivity index (χ0n) is 47.8. The number of imidazole rings is 2. The predicted octanol–water partition coefficient (Wildman–Crippen LogP) is -1.38. The molecule has 0 unspecified atom stereocenters. The first-order chi connectivity index (χ1) is 39.7. The maximum absolute atomic E-state index is 14.4. The molecule has 9 amide bonds. The molecule has 15 N–H and O–H groups in total. The zero-order valence-corrected chi connectivity index (χ0v) is 49.5. The van der Waals surface area contributed by atoms with E-state index in [1.54, 1.807) is 41.5 Å². The lowest BCUT2D eigenvalue weighted by Crippen LogP contribution is -2.61. The van der Waals surface area contributed by atoms with Gasteiger partial charge >= 0.3 is 11.9 Å². The normalized spacial score (nSPS) is 16.7. The second-order valence-corrected chi connectivity index (χ2v) is 22.3. The Morgan fingerprint density at radius 2 is 1.11 bits per heavy atom. The Bertz CT molecular complexity index is 2720. The van der Waals surface area contributed by atoms with Crippen molar-refractivity contribution in [1.82, 2.24) is 67.4 Å². The number of phenols is 1. The van der Waals surface area contributed by atoms with Gasteiger partial charge in [-0.1, -0.05) is 60.1 Å². The van der Waals surface area contributed by atoms with Gasteiger partial charge in [0.25, 0.3) is 0 Å². The number of hydrogen-bond acceptors (Lipinski definition) is 17. The van der Waals surface area contributed by atoms with Crippen LogP contribution < -0.4 is 48.3 Å². The molecule has 3 aromatic rings. The van der Waals surface area contributed by atoms with Crippen molar-refractivity contribution >= 4 is 90.4 Å². The number of likely N-dealkylation sites (tertiary alicyclic amines) is 1. The SMILES string of the molecule is CC[C@H](C)[C@H](NC(=O)[C@H](Cc1cnc[nH]1)NC(=O)[C@H](CS)NC(=O)[C@H](CC(C)C)NC(=O)[C@H](CC(=O)O)NC(=O)[C@H](Cc1ccc(O)cc1)NC(=O)[C@@H]1CCCN1C(=O)[C@H](CS)NC(=O)[C@@H](N)Cc1cnc[nH]1)C(=O)N[C@@H](CC(C)C)C(=O)O. The van der Waals surface area contributed by atoms with E-state index in [4.69, 9.17) is 5.73 Å². The first-order valence-corrected chi connectivity index (χ1v) is 28.9. The molecule has 1 aliphatic rings. The summed E-state index contributed by atoms with van der Waals surface area (Å²) in [5, 5.41) is 50.2. The second kappa shape index (κ2) is 33.5. The number of aromatic hydroxyl groups is 1.